The van der Waals surface area contributed by atoms with E-state index in [4.69, 9.17) is 27.9 Å². The average Bonchev–Trinajstić information content (AvgIpc) is 3.24. The van der Waals surface area contributed by atoms with Crippen molar-refractivity contribution in [2.24, 2.45) is 0 Å². The smallest absolute Gasteiger partial charge is 0.255 e. The second-order valence-electron chi connectivity index (χ2n) is 7.50. The zero-order chi connectivity index (χ0) is 23.4. The van der Waals surface area contributed by atoms with E-state index in [0.717, 1.165) is 11.1 Å². The van der Waals surface area contributed by atoms with E-state index in [-0.39, 0.29) is 12.5 Å². The molecule has 5 nitrogen and oxygen atoms in total. The minimum Gasteiger partial charge on any atom is -0.487 e. The summed E-state index contributed by atoms with van der Waals surface area (Å²) in [5, 5.41) is 7.83. The molecule has 0 aliphatic rings. The molecule has 0 aliphatic carbocycles. The monoisotopic (exact) mass is 483 g/mol. The summed E-state index contributed by atoms with van der Waals surface area (Å²) in [7, 11) is 0. The molecular formula is C25H20Cl2FN3O2. The Hall–Kier alpha value is -3.35. The van der Waals surface area contributed by atoms with Crippen molar-refractivity contribution >= 4 is 34.8 Å². The fourth-order valence-corrected chi connectivity index (χ4v) is 3.59. The standard InChI is InChI=1S/C25H20Cl2FN3O2/c1-16-5-10-22(27)24(11-16)33-15-17-6-8-18(9-7-17)25(32)30-19-12-29-31(13-19)14-20-21(26)3-2-4-23(20)28/h2-13H,14-15H2,1H3,(H,30,32). The summed E-state index contributed by atoms with van der Waals surface area (Å²) < 4.78 is 21.3. The highest BCUT2D eigenvalue weighted by atomic mass is 35.5. The molecule has 4 rings (SSSR count). The van der Waals surface area contributed by atoms with Crippen LogP contribution in [0, 0.1) is 12.7 Å². The summed E-state index contributed by atoms with van der Waals surface area (Å²) in [6, 6.07) is 17.2. The van der Waals surface area contributed by atoms with Gasteiger partial charge in [-0.2, -0.15) is 5.10 Å². The Bertz CT molecular complexity index is 1270. The van der Waals surface area contributed by atoms with Crippen molar-refractivity contribution in [1.82, 2.24) is 9.78 Å². The third-order valence-electron chi connectivity index (χ3n) is 4.97. The molecule has 3 aromatic carbocycles. The number of hydrogen-bond donors (Lipinski definition) is 1. The van der Waals surface area contributed by atoms with Crippen LogP contribution in [0.2, 0.25) is 10.0 Å². The molecule has 0 atom stereocenters. The number of nitrogens with one attached hydrogen (secondary N) is 1. The Morgan fingerprint density at radius 2 is 1.88 bits per heavy atom. The molecule has 1 aromatic heterocycles. The van der Waals surface area contributed by atoms with E-state index in [9.17, 15) is 9.18 Å². The van der Waals surface area contributed by atoms with Crippen LogP contribution < -0.4 is 10.1 Å². The predicted octanol–water partition coefficient (Wildman–Crippen LogP) is 6.52. The van der Waals surface area contributed by atoms with Gasteiger partial charge in [-0.3, -0.25) is 9.48 Å². The first kappa shape index (κ1) is 22.8. The predicted molar refractivity (Wildman–Crippen MR) is 128 cm³/mol. The maximum atomic E-state index is 14.0. The zero-order valence-electron chi connectivity index (χ0n) is 17.7. The van der Waals surface area contributed by atoms with E-state index in [0.29, 0.717) is 39.2 Å². The summed E-state index contributed by atoms with van der Waals surface area (Å²) >= 11 is 12.2. The molecule has 0 saturated carbocycles. The lowest BCUT2D eigenvalue weighted by molar-refractivity contribution is 0.102. The molecule has 8 heteroatoms. The number of hydrogen-bond acceptors (Lipinski definition) is 3. The largest absolute Gasteiger partial charge is 0.487 e. The van der Waals surface area contributed by atoms with Crippen molar-refractivity contribution in [3.8, 4) is 5.75 Å². The number of aryl methyl sites for hydroxylation is 1. The second-order valence-corrected chi connectivity index (χ2v) is 8.31. The first-order chi connectivity index (χ1) is 15.9. The summed E-state index contributed by atoms with van der Waals surface area (Å²) in [6.07, 6.45) is 3.12. The van der Waals surface area contributed by atoms with Crippen LogP contribution in [0.1, 0.15) is 27.0 Å². The molecule has 0 fully saturated rings. The van der Waals surface area contributed by atoms with Gasteiger partial charge in [-0.15, -0.1) is 0 Å². The van der Waals surface area contributed by atoms with Gasteiger partial charge in [0.15, 0.2) is 0 Å². The van der Waals surface area contributed by atoms with Crippen LogP contribution in [-0.4, -0.2) is 15.7 Å². The lowest BCUT2D eigenvalue weighted by Gasteiger charge is -2.09. The Morgan fingerprint density at radius 3 is 2.64 bits per heavy atom. The van der Waals surface area contributed by atoms with E-state index < -0.39 is 5.82 Å². The number of ether oxygens (including phenoxy) is 1. The van der Waals surface area contributed by atoms with Gasteiger partial charge >= 0.3 is 0 Å². The number of aromatic nitrogens is 2. The van der Waals surface area contributed by atoms with Crippen LogP contribution >= 0.6 is 23.2 Å². The summed E-state index contributed by atoms with van der Waals surface area (Å²) in [6.45, 7) is 2.45. The maximum absolute atomic E-state index is 14.0. The van der Waals surface area contributed by atoms with Crippen LogP contribution in [0.15, 0.2) is 73.1 Å². The molecule has 4 aromatic rings. The average molecular weight is 484 g/mol. The van der Waals surface area contributed by atoms with Crippen LogP contribution in [-0.2, 0) is 13.2 Å². The van der Waals surface area contributed by atoms with Gasteiger partial charge in [-0.05, 0) is 54.4 Å². The minimum absolute atomic E-state index is 0.154. The highest BCUT2D eigenvalue weighted by Gasteiger charge is 2.11. The SMILES string of the molecule is Cc1ccc(Cl)c(OCc2ccc(C(=O)Nc3cnn(Cc4c(F)cccc4Cl)c3)cc2)c1. The van der Waals surface area contributed by atoms with Crippen molar-refractivity contribution in [1.29, 1.82) is 0 Å². The van der Waals surface area contributed by atoms with Gasteiger partial charge < -0.3 is 10.1 Å². The second kappa shape index (κ2) is 10.1. The summed E-state index contributed by atoms with van der Waals surface area (Å²) in [4.78, 5) is 12.6. The number of carbonyl (C=O) groups is 1. The molecule has 33 heavy (non-hydrogen) atoms. The number of rotatable bonds is 7. The lowest BCUT2D eigenvalue weighted by atomic mass is 10.1. The Kier molecular flexibility index (Phi) is 6.96. The number of anilines is 1. The lowest BCUT2D eigenvalue weighted by Crippen LogP contribution is -2.11. The minimum atomic E-state index is -0.405. The quantitative estimate of drug-likeness (QED) is 0.325. The first-order valence-electron chi connectivity index (χ1n) is 10.1. The molecule has 0 aliphatic heterocycles. The number of carbonyl (C=O) groups excluding carboxylic acids is 1. The number of halogens is 3. The molecular weight excluding hydrogens is 464 g/mol. The molecule has 1 heterocycles. The number of nitrogens with zero attached hydrogens (tertiary/aromatic N) is 2. The van der Waals surface area contributed by atoms with Gasteiger partial charge in [0, 0.05) is 22.3 Å². The molecule has 0 spiro atoms. The zero-order valence-corrected chi connectivity index (χ0v) is 19.2. The van der Waals surface area contributed by atoms with Crippen molar-refractivity contribution in [3.05, 3.63) is 111 Å². The van der Waals surface area contributed by atoms with Gasteiger partial charge in [0.25, 0.3) is 5.91 Å². The Labute approximate surface area is 200 Å². The highest BCUT2D eigenvalue weighted by Crippen LogP contribution is 2.26. The highest BCUT2D eigenvalue weighted by molar-refractivity contribution is 6.32. The molecule has 0 saturated heterocycles. The summed E-state index contributed by atoms with van der Waals surface area (Å²) in [5.74, 6) is -0.0721. The van der Waals surface area contributed by atoms with E-state index in [1.54, 1.807) is 36.5 Å². The van der Waals surface area contributed by atoms with Crippen molar-refractivity contribution in [2.75, 3.05) is 5.32 Å². The van der Waals surface area contributed by atoms with Crippen molar-refractivity contribution in [2.45, 2.75) is 20.1 Å². The maximum Gasteiger partial charge on any atom is 0.255 e. The van der Waals surface area contributed by atoms with Crippen molar-refractivity contribution in [3.63, 3.8) is 0 Å². The molecule has 0 radical (unpaired) electrons. The number of amides is 1. The van der Waals surface area contributed by atoms with Crippen LogP contribution in [0.4, 0.5) is 10.1 Å². The van der Waals surface area contributed by atoms with Gasteiger partial charge in [0.2, 0.25) is 0 Å². The van der Waals surface area contributed by atoms with Crippen LogP contribution in [0.3, 0.4) is 0 Å². The third kappa shape index (κ3) is 5.72. The molecule has 1 N–H and O–H groups in total. The van der Waals surface area contributed by atoms with E-state index >= 15 is 0 Å². The molecule has 1 amide bonds. The van der Waals surface area contributed by atoms with Crippen molar-refractivity contribution < 1.29 is 13.9 Å². The first-order valence-corrected chi connectivity index (χ1v) is 10.9. The van der Waals surface area contributed by atoms with E-state index in [1.165, 1.54) is 16.9 Å². The van der Waals surface area contributed by atoms with Gasteiger partial charge in [-0.1, -0.05) is 47.5 Å². The normalized spacial score (nSPS) is 10.8. The molecule has 0 bridgehead atoms. The fourth-order valence-electron chi connectivity index (χ4n) is 3.20. The van der Waals surface area contributed by atoms with E-state index in [2.05, 4.69) is 10.4 Å². The molecule has 0 unspecified atom stereocenters. The van der Waals surface area contributed by atoms with Crippen LogP contribution in [0.5, 0.6) is 5.75 Å². The Morgan fingerprint density at radius 1 is 1.09 bits per heavy atom. The third-order valence-corrected chi connectivity index (χ3v) is 5.64. The van der Waals surface area contributed by atoms with Gasteiger partial charge in [0.1, 0.15) is 18.2 Å². The fraction of sp³-hybridized carbons (Fsp3) is 0.120. The van der Waals surface area contributed by atoms with E-state index in [1.807, 2.05) is 31.2 Å². The topological polar surface area (TPSA) is 56.1 Å². The van der Waals surface area contributed by atoms with Crippen LogP contribution in [0.25, 0.3) is 0 Å². The van der Waals surface area contributed by atoms with Gasteiger partial charge in [0.05, 0.1) is 23.5 Å². The Balaban J connectivity index is 1.36. The molecule has 168 valence electrons. The van der Waals surface area contributed by atoms with Gasteiger partial charge in [-0.25, -0.2) is 4.39 Å². The number of benzene rings is 3. The summed E-state index contributed by atoms with van der Waals surface area (Å²) in [5.41, 5.74) is 3.27.